The Labute approximate surface area is 120 Å². The lowest BCUT2D eigenvalue weighted by Gasteiger charge is -2.15. The Hall–Kier alpha value is -1.11. The van der Waals surface area contributed by atoms with E-state index in [0.29, 0.717) is 12.3 Å². The SMILES string of the molecule is CCNCc1ccc(OC)c(S(=O)(=O)NC2(C)CC2)c1. The Morgan fingerprint density at radius 3 is 2.60 bits per heavy atom. The van der Waals surface area contributed by atoms with Crippen molar-refractivity contribution in [3.05, 3.63) is 23.8 Å². The molecular formula is C14H22N2O3S. The van der Waals surface area contributed by atoms with Crippen molar-refractivity contribution in [1.82, 2.24) is 10.0 Å². The molecular weight excluding hydrogens is 276 g/mol. The van der Waals surface area contributed by atoms with Crippen LogP contribution in [0.15, 0.2) is 23.1 Å². The standard InChI is InChI=1S/C14H22N2O3S/c1-4-15-10-11-5-6-12(19-3)13(9-11)20(17,18)16-14(2)7-8-14/h5-6,9,15-16H,4,7-8,10H2,1-3H3. The first-order chi connectivity index (χ1) is 9.40. The lowest BCUT2D eigenvalue weighted by atomic mass is 10.2. The van der Waals surface area contributed by atoms with E-state index in [4.69, 9.17) is 4.74 Å². The Morgan fingerprint density at radius 2 is 2.05 bits per heavy atom. The lowest BCUT2D eigenvalue weighted by molar-refractivity contribution is 0.401. The molecule has 0 aromatic heterocycles. The first-order valence-corrected chi connectivity index (χ1v) is 8.30. The van der Waals surface area contributed by atoms with E-state index in [2.05, 4.69) is 10.0 Å². The van der Waals surface area contributed by atoms with Gasteiger partial charge in [-0.1, -0.05) is 13.0 Å². The van der Waals surface area contributed by atoms with Crippen LogP contribution in [0.1, 0.15) is 32.3 Å². The Kier molecular flexibility index (Phi) is 4.36. The molecule has 1 aliphatic rings. The van der Waals surface area contributed by atoms with Crippen LogP contribution in [0.2, 0.25) is 0 Å². The van der Waals surface area contributed by atoms with E-state index >= 15 is 0 Å². The van der Waals surface area contributed by atoms with Crippen molar-refractivity contribution >= 4 is 10.0 Å². The minimum absolute atomic E-state index is 0.212. The summed E-state index contributed by atoms with van der Waals surface area (Å²) in [5.74, 6) is 0.377. The van der Waals surface area contributed by atoms with E-state index < -0.39 is 10.0 Å². The highest BCUT2D eigenvalue weighted by molar-refractivity contribution is 7.89. The quantitative estimate of drug-likeness (QED) is 0.803. The van der Waals surface area contributed by atoms with Crippen LogP contribution in [0.3, 0.4) is 0 Å². The monoisotopic (exact) mass is 298 g/mol. The van der Waals surface area contributed by atoms with Crippen molar-refractivity contribution in [3.63, 3.8) is 0 Å². The smallest absolute Gasteiger partial charge is 0.244 e. The third kappa shape index (κ3) is 3.50. The van der Waals surface area contributed by atoms with Gasteiger partial charge in [0, 0.05) is 12.1 Å². The third-order valence-electron chi connectivity index (χ3n) is 3.48. The summed E-state index contributed by atoms with van der Waals surface area (Å²) in [5.41, 5.74) is 0.635. The number of hydrogen-bond acceptors (Lipinski definition) is 4. The van der Waals surface area contributed by atoms with Crippen LogP contribution in [0.5, 0.6) is 5.75 Å². The predicted molar refractivity (Wildman–Crippen MR) is 78.3 cm³/mol. The van der Waals surface area contributed by atoms with Gasteiger partial charge in [-0.05, 0) is 44.0 Å². The first kappa shape index (κ1) is 15.3. The average Bonchev–Trinajstić information content (AvgIpc) is 3.12. The maximum Gasteiger partial charge on any atom is 0.244 e. The van der Waals surface area contributed by atoms with Gasteiger partial charge in [-0.2, -0.15) is 0 Å². The zero-order chi connectivity index (χ0) is 14.8. The van der Waals surface area contributed by atoms with Crippen LogP contribution in [-0.4, -0.2) is 27.6 Å². The molecule has 1 fully saturated rings. The maximum absolute atomic E-state index is 12.5. The van der Waals surface area contributed by atoms with Crippen molar-refractivity contribution in [2.45, 2.75) is 43.7 Å². The highest BCUT2D eigenvalue weighted by Gasteiger charge is 2.41. The Bertz CT molecular complexity index is 580. The Balaban J connectivity index is 2.31. The minimum atomic E-state index is -3.55. The zero-order valence-electron chi connectivity index (χ0n) is 12.2. The predicted octanol–water partition coefficient (Wildman–Crippen LogP) is 1.64. The second-order valence-corrected chi connectivity index (χ2v) is 7.08. The molecule has 112 valence electrons. The van der Waals surface area contributed by atoms with Crippen molar-refractivity contribution in [2.75, 3.05) is 13.7 Å². The molecule has 0 saturated heterocycles. The van der Waals surface area contributed by atoms with Gasteiger partial charge in [-0.25, -0.2) is 13.1 Å². The molecule has 1 aliphatic carbocycles. The van der Waals surface area contributed by atoms with Crippen LogP contribution in [-0.2, 0) is 16.6 Å². The zero-order valence-corrected chi connectivity index (χ0v) is 13.0. The molecule has 2 rings (SSSR count). The van der Waals surface area contributed by atoms with Gasteiger partial charge >= 0.3 is 0 Å². The second kappa shape index (κ2) is 5.71. The fourth-order valence-corrected chi connectivity index (χ4v) is 3.66. The summed E-state index contributed by atoms with van der Waals surface area (Å²) in [6, 6.07) is 5.26. The summed E-state index contributed by atoms with van der Waals surface area (Å²) in [7, 11) is -2.07. The lowest BCUT2D eigenvalue weighted by Crippen LogP contribution is -2.34. The van der Waals surface area contributed by atoms with E-state index in [9.17, 15) is 8.42 Å². The van der Waals surface area contributed by atoms with Crippen molar-refractivity contribution in [2.24, 2.45) is 0 Å². The summed E-state index contributed by atoms with van der Waals surface area (Å²) >= 11 is 0. The number of hydrogen-bond donors (Lipinski definition) is 2. The number of nitrogens with one attached hydrogen (secondary N) is 2. The van der Waals surface area contributed by atoms with Gasteiger partial charge in [-0.15, -0.1) is 0 Å². The summed E-state index contributed by atoms with van der Waals surface area (Å²) in [6.07, 6.45) is 1.76. The molecule has 0 spiro atoms. The van der Waals surface area contributed by atoms with Gasteiger partial charge in [0.1, 0.15) is 10.6 Å². The molecule has 20 heavy (non-hydrogen) atoms. The second-order valence-electron chi connectivity index (χ2n) is 5.43. The maximum atomic E-state index is 12.5. The molecule has 0 aliphatic heterocycles. The van der Waals surface area contributed by atoms with Crippen LogP contribution >= 0.6 is 0 Å². The average molecular weight is 298 g/mol. The molecule has 0 heterocycles. The highest BCUT2D eigenvalue weighted by atomic mass is 32.2. The molecule has 2 N–H and O–H groups in total. The summed E-state index contributed by atoms with van der Waals surface area (Å²) in [5, 5.41) is 3.19. The van der Waals surface area contributed by atoms with Crippen molar-refractivity contribution < 1.29 is 13.2 Å². The molecule has 1 saturated carbocycles. The molecule has 0 radical (unpaired) electrons. The van der Waals surface area contributed by atoms with E-state index in [-0.39, 0.29) is 10.4 Å². The van der Waals surface area contributed by atoms with Gasteiger partial charge in [0.15, 0.2) is 0 Å². The molecule has 0 atom stereocenters. The highest BCUT2D eigenvalue weighted by Crippen LogP contribution is 2.37. The van der Waals surface area contributed by atoms with E-state index in [1.807, 2.05) is 19.9 Å². The van der Waals surface area contributed by atoms with Gasteiger partial charge in [0.25, 0.3) is 0 Å². The normalized spacial score (nSPS) is 16.9. The molecule has 0 unspecified atom stereocenters. The number of sulfonamides is 1. The van der Waals surface area contributed by atoms with Crippen LogP contribution in [0, 0.1) is 0 Å². The van der Waals surface area contributed by atoms with E-state index in [0.717, 1.165) is 24.9 Å². The number of benzene rings is 1. The van der Waals surface area contributed by atoms with Crippen LogP contribution in [0.25, 0.3) is 0 Å². The van der Waals surface area contributed by atoms with Gasteiger partial charge in [0.05, 0.1) is 7.11 Å². The molecule has 0 bridgehead atoms. The minimum Gasteiger partial charge on any atom is -0.495 e. The van der Waals surface area contributed by atoms with Crippen LogP contribution in [0.4, 0.5) is 0 Å². The topological polar surface area (TPSA) is 67.4 Å². The van der Waals surface area contributed by atoms with Crippen molar-refractivity contribution in [3.8, 4) is 5.75 Å². The molecule has 1 aromatic carbocycles. The third-order valence-corrected chi connectivity index (χ3v) is 5.14. The number of methoxy groups -OCH3 is 1. The number of rotatable bonds is 7. The fourth-order valence-electron chi connectivity index (χ4n) is 1.98. The van der Waals surface area contributed by atoms with E-state index in [1.54, 1.807) is 12.1 Å². The molecule has 1 aromatic rings. The largest absolute Gasteiger partial charge is 0.495 e. The molecule has 6 heteroatoms. The fraction of sp³-hybridized carbons (Fsp3) is 0.571. The van der Waals surface area contributed by atoms with Crippen LogP contribution < -0.4 is 14.8 Å². The summed E-state index contributed by atoms with van der Waals surface area (Å²) < 4.78 is 32.9. The van der Waals surface area contributed by atoms with Crippen molar-refractivity contribution in [1.29, 1.82) is 0 Å². The summed E-state index contributed by atoms with van der Waals surface area (Å²) in [4.78, 5) is 0.212. The molecule has 5 nitrogen and oxygen atoms in total. The summed E-state index contributed by atoms with van der Waals surface area (Å²) in [6.45, 7) is 5.40. The number of ether oxygens (including phenoxy) is 1. The molecule has 0 amide bonds. The Morgan fingerprint density at radius 1 is 1.35 bits per heavy atom. The van der Waals surface area contributed by atoms with Gasteiger partial charge in [0.2, 0.25) is 10.0 Å². The van der Waals surface area contributed by atoms with Gasteiger partial charge < -0.3 is 10.1 Å². The van der Waals surface area contributed by atoms with Gasteiger partial charge in [-0.3, -0.25) is 0 Å². The first-order valence-electron chi connectivity index (χ1n) is 6.82. The van der Waals surface area contributed by atoms with E-state index in [1.165, 1.54) is 7.11 Å².